The van der Waals surface area contributed by atoms with Gasteiger partial charge < -0.3 is 10.6 Å². The molecule has 4 heterocycles. The fraction of sp³-hybridized carbons (Fsp3) is 0.300. The summed E-state index contributed by atoms with van der Waals surface area (Å²) in [5, 5.41) is 7.49. The van der Waals surface area contributed by atoms with E-state index in [0.717, 1.165) is 23.0 Å². The van der Waals surface area contributed by atoms with Crippen molar-refractivity contribution in [1.82, 2.24) is 21.2 Å². The minimum Gasteiger partial charge on any atom is -0.363 e. The van der Waals surface area contributed by atoms with E-state index in [0.29, 0.717) is 33.1 Å². The molecular formula is C20H17ClF3N5OS. The molecule has 6 nitrogen and oxygen atoms in total. The summed E-state index contributed by atoms with van der Waals surface area (Å²) in [6.07, 6.45) is -4.98. The summed E-state index contributed by atoms with van der Waals surface area (Å²) in [6.45, 7) is 2.18. The fourth-order valence-corrected chi connectivity index (χ4v) is 5.40. The van der Waals surface area contributed by atoms with Crippen molar-refractivity contribution in [3.63, 3.8) is 0 Å². The van der Waals surface area contributed by atoms with E-state index in [1.165, 1.54) is 0 Å². The number of aromatic nitrogens is 1. The Kier molecular flexibility index (Phi) is 4.85. The molecule has 3 atom stereocenters. The number of nitrogens with zero attached hydrogens (tertiary/aromatic N) is 1. The monoisotopic (exact) mass is 467 g/mol. The summed E-state index contributed by atoms with van der Waals surface area (Å²) >= 11 is 6.96. The summed E-state index contributed by atoms with van der Waals surface area (Å²) in [5.74, 6) is -0.382. The lowest BCUT2D eigenvalue weighted by molar-refractivity contribution is -0.141. The van der Waals surface area contributed by atoms with Crippen LogP contribution in [-0.2, 0) is 6.18 Å². The van der Waals surface area contributed by atoms with E-state index in [2.05, 4.69) is 26.5 Å². The molecule has 31 heavy (non-hydrogen) atoms. The normalized spacial score (nSPS) is 23.5. The third-order valence-corrected chi connectivity index (χ3v) is 6.96. The number of anilines is 1. The highest BCUT2D eigenvalue weighted by Crippen LogP contribution is 2.42. The molecule has 4 N–H and O–H groups in total. The van der Waals surface area contributed by atoms with Crippen LogP contribution in [0, 0.1) is 12.8 Å². The molecule has 3 aromatic rings. The van der Waals surface area contributed by atoms with E-state index in [9.17, 15) is 18.0 Å². The Morgan fingerprint density at radius 2 is 1.94 bits per heavy atom. The first kappa shape index (κ1) is 20.5. The van der Waals surface area contributed by atoms with Gasteiger partial charge in [-0.25, -0.2) is 10.4 Å². The standard InChI is InChI=1S/C20H17ClF3N5OS/c1-8-6-12(20(22,23)24)26-19-13(8)15-16(31-19)18(30)28-17(27-15)11-7-25-29-14(11)9-2-4-10(21)5-3-9/h2-6,11,14,17,25,27,29H,7H2,1H3,(H,28,30). The first-order valence-electron chi connectivity index (χ1n) is 9.55. The van der Waals surface area contributed by atoms with Crippen molar-refractivity contribution in [2.24, 2.45) is 5.92 Å². The number of rotatable bonds is 2. The van der Waals surface area contributed by atoms with E-state index in [4.69, 9.17) is 11.6 Å². The lowest BCUT2D eigenvalue weighted by atomic mass is 9.91. The second-order valence-electron chi connectivity index (χ2n) is 7.62. The van der Waals surface area contributed by atoms with Gasteiger partial charge in [-0.3, -0.25) is 10.2 Å². The average molecular weight is 468 g/mol. The highest BCUT2D eigenvalue weighted by atomic mass is 35.5. The first-order chi connectivity index (χ1) is 14.7. The van der Waals surface area contributed by atoms with Gasteiger partial charge in [-0.2, -0.15) is 13.2 Å². The van der Waals surface area contributed by atoms with Crippen LogP contribution < -0.4 is 21.5 Å². The predicted octanol–water partition coefficient (Wildman–Crippen LogP) is 4.22. The topological polar surface area (TPSA) is 78.1 Å². The third kappa shape index (κ3) is 3.53. The smallest absolute Gasteiger partial charge is 0.363 e. The molecule has 5 rings (SSSR count). The Labute approximate surface area is 184 Å². The number of benzene rings is 1. The number of nitrogens with one attached hydrogen (secondary N) is 4. The minimum atomic E-state index is -4.55. The Bertz CT molecular complexity index is 1180. The predicted molar refractivity (Wildman–Crippen MR) is 113 cm³/mol. The molecule has 0 aliphatic carbocycles. The Balaban J connectivity index is 1.52. The Morgan fingerprint density at radius 1 is 1.19 bits per heavy atom. The number of pyridine rings is 1. The fourth-order valence-electron chi connectivity index (χ4n) is 4.16. The second kappa shape index (κ2) is 7.33. The van der Waals surface area contributed by atoms with Crippen molar-refractivity contribution in [2.45, 2.75) is 25.3 Å². The van der Waals surface area contributed by atoms with Crippen LogP contribution in [-0.4, -0.2) is 23.6 Å². The van der Waals surface area contributed by atoms with Gasteiger partial charge in [0.1, 0.15) is 21.6 Å². The molecule has 0 spiro atoms. The van der Waals surface area contributed by atoms with Crippen LogP contribution >= 0.6 is 22.9 Å². The van der Waals surface area contributed by atoms with Gasteiger partial charge in [-0.1, -0.05) is 23.7 Å². The quantitative estimate of drug-likeness (QED) is 0.454. The number of carbonyl (C=O) groups excluding carboxylic acids is 1. The summed E-state index contributed by atoms with van der Waals surface area (Å²) < 4.78 is 39.5. The maximum atomic E-state index is 13.2. The van der Waals surface area contributed by atoms with Crippen molar-refractivity contribution in [3.05, 3.63) is 57.1 Å². The SMILES string of the molecule is Cc1cc(C(F)(F)F)nc2sc3c(c12)NC(C1CNNC1c1ccc(Cl)cc1)NC3=O. The van der Waals surface area contributed by atoms with Crippen LogP contribution in [0.4, 0.5) is 18.9 Å². The van der Waals surface area contributed by atoms with Gasteiger partial charge in [0, 0.05) is 22.9 Å². The van der Waals surface area contributed by atoms with Crippen LogP contribution in [0.3, 0.4) is 0 Å². The lowest BCUT2D eigenvalue weighted by Gasteiger charge is -2.33. The molecule has 1 amide bonds. The Hall–Kier alpha value is -2.40. The number of aryl methyl sites for hydroxylation is 1. The van der Waals surface area contributed by atoms with Crippen LogP contribution in [0.2, 0.25) is 5.02 Å². The van der Waals surface area contributed by atoms with Gasteiger partial charge in [0.2, 0.25) is 0 Å². The number of hydrogen-bond acceptors (Lipinski definition) is 6. The number of thiophene rings is 1. The average Bonchev–Trinajstić information content (AvgIpc) is 3.33. The van der Waals surface area contributed by atoms with Crippen molar-refractivity contribution >= 4 is 44.7 Å². The van der Waals surface area contributed by atoms with Crippen LogP contribution in [0.15, 0.2) is 30.3 Å². The van der Waals surface area contributed by atoms with Gasteiger partial charge in [0.25, 0.3) is 5.91 Å². The molecule has 1 saturated heterocycles. The first-order valence-corrected chi connectivity index (χ1v) is 10.7. The van der Waals surface area contributed by atoms with Gasteiger partial charge in [-0.15, -0.1) is 11.3 Å². The second-order valence-corrected chi connectivity index (χ2v) is 9.06. The van der Waals surface area contributed by atoms with E-state index in [1.807, 2.05) is 12.1 Å². The Morgan fingerprint density at radius 3 is 2.65 bits per heavy atom. The van der Waals surface area contributed by atoms with Crippen LogP contribution in [0.5, 0.6) is 0 Å². The largest absolute Gasteiger partial charge is 0.433 e. The van der Waals surface area contributed by atoms with Crippen molar-refractivity contribution in [3.8, 4) is 0 Å². The summed E-state index contributed by atoms with van der Waals surface area (Å²) in [7, 11) is 0. The molecule has 11 heteroatoms. The minimum absolute atomic E-state index is 0.0593. The number of halogens is 4. The molecule has 1 aromatic carbocycles. The lowest BCUT2D eigenvalue weighted by Crippen LogP contribution is -2.51. The molecular weight excluding hydrogens is 451 g/mol. The maximum absolute atomic E-state index is 13.2. The molecule has 3 unspecified atom stereocenters. The number of amides is 1. The third-order valence-electron chi connectivity index (χ3n) is 5.62. The van der Waals surface area contributed by atoms with Gasteiger partial charge in [-0.05, 0) is 36.2 Å². The molecule has 2 aliphatic heterocycles. The van der Waals surface area contributed by atoms with Gasteiger partial charge >= 0.3 is 6.18 Å². The summed E-state index contributed by atoms with van der Waals surface area (Å²) in [6, 6.07) is 8.37. The van der Waals surface area contributed by atoms with Crippen molar-refractivity contribution in [1.29, 1.82) is 0 Å². The summed E-state index contributed by atoms with van der Waals surface area (Å²) in [5.41, 5.74) is 7.36. The zero-order valence-corrected chi connectivity index (χ0v) is 17.7. The molecule has 1 fully saturated rings. The van der Waals surface area contributed by atoms with E-state index in [1.54, 1.807) is 19.1 Å². The zero-order valence-electron chi connectivity index (χ0n) is 16.1. The molecule has 2 aliphatic rings. The van der Waals surface area contributed by atoms with Crippen LogP contribution in [0.1, 0.15) is 32.5 Å². The number of hydrazine groups is 1. The number of hydrogen-bond donors (Lipinski definition) is 4. The van der Waals surface area contributed by atoms with E-state index >= 15 is 0 Å². The molecule has 0 saturated carbocycles. The molecule has 0 bridgehead atoms. The van der Waals surface area contributed by atoms with Crippen molar-refractivity contribution in [2.75, 3.05) is 11.9 Å². The summed E-state index contributed by atoms with van der Waals surface area (Å²) in [4.78, 5) is 17.2. The molecule has 2 aromatic heterocycles. The molecule has 0 radical (unpaired) electrons. The van der Waals surface area contributed by atoms with E-state index in [-0.39, 0.29) is 22.7 Å². The van der Waals surface area contributed by atoms with E-state index < -0.39 is 18.0 Å². The van der Waals surface area contributed by atoms with Crippen molar-refractivity contribution < 1.29 is 18.0 Å². The highest BCUT2D eigenvalue weighted by molar-refractivity contribution is 7.21. The maximum Gasteiger partial charge on any atom is 0.433 e. The number of alkyl halides is 3. The van der Waals surface area contributed by atoms with Gasteiger partial charge in [0.05, 0.1) is 11.7 Å². The number of fused-ring (bicyclic) bond motifs is 3. The molecule has 162 valence electrons. The highest BCUT2D eigenvalue weighted by Gasteiger charge is 2.40. The zero-order chi connectivity index (χ0) is 21.9. The number of carbonyl (C=O) groups is 1. The van der Waals surface area contributed by atoms with Crippen LogP contribution in [0.25, 0.3) is 10.2 Å². The van der Waals surface area contributed by atoms with Gasteiger partial charge in [0.15, 0.2) is 0 Å².